The number of amides is 1. The number of nitrogens with zero attached hydrogens (tertiary/aromatic N) is 4. The molecule has 11 heteroatoms. The first kappa shape index (κ1) is 22.9. The third-order valence-corrected chi connectivity index (χ3v) is 7.52. The van der Waals surface area contributed by atoms with Crippen molar-refractivity contribution in [1.29, 1.82) is 0 Å². The fourth-order valence-electron chi connectivity index (χ4n) is 4.22. The number of thiophene rings is 1. The Bertz CT molecular complexity index is 1430. The van der Waals surface area contributed by atoms with Crippen molar-refractivity contribution in [3.63, 3.8) is 0 Å². The van der Waals surface area contributed by atoms with E-state index < -0.39 is 6.17 Å². The van der Waals surface area contributed by atoms with E-state index in [1.54, 1.807) is 0 Å². The molecule has 1 atom stereocenters. The number of hydrogen-bond donors (Lipinski definition) is 2. The first-order chi connectivity index (χ1) is 17.7. The quantitative estimate of drug-likeness (QED) is 0.364. The van der Waals surface area contributed by atoms with Gasteiger partial charge in [-0.05, 0) is 28.1 Å². The summed E-state index contributed by atoms with van der Waals surface area (Å²) in [5.74, 6) is 0.0558. The second kappa shape index (κ2) is 9.84. The Labute approximate surface area is 219 Å². The molecule has 0 bridgehead atoms. The van der Waals surface area contributed by atoms with Gasteiger partial charge in [0.15, 0.2) is 0 Å². The van der Waals surface area contributed by atoms with Gasteiger partial charge in [0.05, 0.1) is 34.1 Å². The van der Waals surface area contributed by atoms with Crippen molar-refractivity contribution >= 4 is 56.3 Å². The predicted molar refractivity (Wildman–Crippen MR) is 143 cm³/mol. The van der Waals surface area contributed by atoms with Gasteiger partial charge in [0, 0.05) is 24.2 Å². The molecule has 1 amide bonds. The highest BCUT2D eigenvalue weighted by atomic mass is 79.9. The standard InChI is InChI=1S/C25H21BrN6O3S/c26-19-14-18(32-10-12-34-13-11-32)21(36-19)24-30-31-25(35-24)29-22-23(33)27-17-9-5-4-8-16(17)20(28-22)15-6-2-1-3-7-15/h1-9,14,22H,10-13H2,(H,27,33)(H,29,31)/t22-/m1/s1. The largest absolute Gasteiger partial charge is 0.402 e. The number of halogens is 1. The van der Waals surface area contributed by atoms with E-state index >= 15 is 0 Å². The molecule has 1 fully saturated rings. The minimum Gasteiger partial charge on any atom is -0.402 e. The lowest BCUT2D eigenvalue weighted by atomic mass is 10.0. The molecule has 0 saturated carbocycles. The van der Waals surface area contributed by atoms with Crippen LogP contribution in [0, 0.1) is 0 Å². The number of aromatic nitrogens is 2. The van der Waals surface area contributed by atoms with Crippen LogP contribution < -0.4 is 15.5 Å². The lowest BCUT2D eigenvalue weighted by Gasteiger charge is -2.28. The van der Waals surface area contributed by atoms with Gasteiger partial charge in [-0.25, -0.2) is 4.99 Å². The van der Waals surface area contributed by atoms with Crippen molar-refractivity contribution in [2.45, 2.75) is 6.17 Å². The van der Waals surface area contributed by atoms with Gasteiger partial charge in [0.1, 0.15) is 4.88 Å². The molecule has 9 nitrogen and oxygen atoms in total. The zero-order chi connectivity index (χ0) is 24.5. The van der Waals surface area contributed by atoms with E-state index in [1.807, 2.05) is 54.6 Å². The third kappa shape index (κ3) is 4.52. The second-order valence-electron chi connectivity index (χ2n) is 8.20. The van der Waals surface area contributed by atoms with Crippen molar-refractivity contribution < 1.29 is 13.9 Å². The molecular formula is C25H21BrN6O3S. The van der Waals surface area contributed by atoms with Crippen molar-refractivity contribution in [2.24, 2.45) is 4.99 Å². The van der Waals surface area contributed by atoms with Gasteiger partial charge in [-0.1, -0.05) is 53.6 Å². The van der Waals surface area contributed by atoms with Crippen LogP contribution in [0.3, 0.4) is 0 Å². The highest BCUT2D eigenvalue weighted by molar-refractivity contribution is 9.11. The Morgan fingerprint density at radius 3 is 2.67 bits per heavy atom. The molecule has 36 heavy (non-hydrogen) atoms. The molecule has 2 aromatic heterocycles. The molecule has 6 rings (SSSR count). The minimum atomic E-state index is -0.963. The molecular weight excluding hydrogens is 544 g/mol. The fraction of sp³-hybridized carbons (Fsp3) is 0.200. The SMILES string of the molecule is O=C1Nc2ccccc2C(c2ccccc2)=N[C@@H]1Nc1nnc(-c2sc(Br)cc2N2CCOCC2)o1. The predicted octanol–water partition coefficient (Wildman–Crippen LogP) is 4.62. The smallest absolute Gasteiger partial charge is 0.317 e. The van der Waals surface area contributed by atoms with E-state index in [-0.39, 0.29) is 11.9 Å². The maximum absolute atomic E-state index is 13.1. The number of fused-ring (bicyclic) bond motifs is 1. The second-order valence-corrected chi connectivity index (χ2v) is 10.6. The van der Waals surface area contributed by atoms with Gasteiger partial charge in [-0.2, -0.15) is 0 Å². The van der Waals surface area contributed by atoms with E-state index in [4.69, 9.17) is 14.1 Å². The summed E-state index contributed by atoms with van der Waals surface area (Å²) in [6.07, 6.45) is -0.963. The van der Waals surface area contributed by atoms with Crippen LogP contribution in [-0.2, 0) is 9.53 Å². The van der Waals surface area contributed by atoms with Gasteiger partial charge in [-0.3, -0.25) is 4.79 Å². The van der Waals surface area contributed by atoms with E-state index in [9.17, 15) is 4.79 Å². The Morgan fingerprint density at radius 2 is 1.83 bits per heavy atom. The number of nitrogens with one attached hydrogen (secondary N) is 2. The Kier molecular flexibility index (Phi) is 6.26. The number of hydrogen-bond acceptors (Lipinski definition) is 9. The van der Waals surface area contributed by atoms with Crippen molar-refractivity contribution in [2.75, 3.05) is 41.8 Å². The highest BCUT2D eigenvalue weighted by Crippen LogP contribution is 2.41. The molecule has 1 saturated heterocycles. The summed E-state index contributed by atoms with van der Waals surface area (Å²) in [4.78, 5) is 21.0. The van der Waals surface area contributed by atoms with E-state index in [0.29, 0.717) is 30.5 Å². The third-order valence-electron chi connectivity index (χ3n) is 5.91. The summed E-state index contributed by atoms with van der Waals surface area (Å²) in [6, 6.07) is 19.5. The maximum atomic E-state index is 13.1. The van der Waals surface area contributed by atoms with Crippen LogP contribution in [0.4, 0.5) is 17.4 Å². The zero-order valence-corrected chi connectivity index (χ0v) is 21.4. The van der Waals surface area contributed by atoms with Crippen molar-refractivity contribution in [1.82, 2.24) is 10.2 Å². The summed E-state index contributed by atoms with van der Waals surface area (Å²) < 4.78 is 12.4. The molecule has 4 aromatic rings. The summed E-state index contributed by atoms with van der Waals surface area (Å²) in [5, 5.41) is 14.4. The number of aliphatic imine (C=N–C) groups is 1. The number of para-hydroxylation sites is 1. The number of carbonyl (C=O) groups excluding carboxylic acids is 1. The normalized spacial score (nSPS) is 17.7. The number of rotatable bonds is 5. The number of ether oxygens (including phenoxy) is 1. The molecule has 0 radical (unpaired) electrons. The first-order valence-corrected chi connectivity index (χ1v) is 13.0. The van der Waals surface area contributed by atoms with E-state index in [1.165, 1.54) is 11.3 Å². The Balaban J connectivity index is 1.31. The molecule has 0 aliphatic carbocycles. The number of benzene rings is 2. The monoisotopic (exact) mass is 564 g/mol. The van der Waals surface area contributed by atoms with Crippen LogP contribution >= 0.6 is 27.3 Å². The van der Waals surface area contributed by atoms with Crippen LogP contribution in [0.15, 0.2) is 73.9 Å². The van der Waals surface area contributed by atoms with Crippen LogP contribution in [-0.4, -0.2) is 54.3 Å². The van der Waals surface area contributed by atoms with E-state index in [0.717, 1.165) is 38.6 Å². The van der Waals surface area contributed by atoms with Crippen LogP contribution in [0.5, 0.6) is 0 Å². The van der Waals surface area contributed by atoms with Gasteiger partial charge in [0.2, 0.25) is 6.17 Å². The lowest BCUT2D eigenvalue weighted by Crippen LogP contribution is -2.36. The topological polar surface area (TPSA) is 105 Å². The molecule has 0 spiro atoms. The molecule has 2 aliphatic heterocycles. The Morgan fingerprint density at radius 1 is 1.06 bits per heavy atom. The van der Waals surface area contributed by atoms with E-state index in [2.05, 4.69) is 47.7 Å². The molecule has 2 N–H and O–H groups in total. The van der Waals surface area contributed by atoms with Crippen LogP contribution in [0.25, 0.3) is 10.8 Å². The highest BCUT2D eigenvalue weighted by Gasteiger charge is 2.28. The summed E-state index contributed by atoms with van der Waals surface area (Å²) in [5.41, 5.74) is 4.14. The van der Waals surface area contributed by atoms with Crippen molar-refractivity contribution in [3.05, 3.63) is 75.6 Å². The average Bonchev–Trinajstić information content (AvgIpc) is 3.51. The molecule has 182 valence electrons. The number of carbonyl (C=O) groups is 1. The van der Waals surface area contributed by atoms with Crippen LogP contribution in [0.1, 0.15) is 11.1 Å². The minimum absolute atomic E-state index is 0.115. The average molecular weight is 565 g/mol. The molecule has 0 unspecified atom stereocenters. The molecule has 2 aliphatic rings. The van der Waals surface area contributed by atoms with Crippen LogP contribution in [0.2, 0.25) is 0 Å². The number of benzodiazepines with no additional fused rings is 1. The summed E-state index contributed by atoms with van der Waals surface area (Å²) in [6.45, 7) is 2.92. The molecule has 4 heterocycles. The lowest BCUT2D eigenvalue weighted by molar-refractivity contribution is -0.116. The molecule has 2 aromatic carbocycles. The Hall–Kier alpha value is -3.54. The number of anilines is 3. The van der Waals surface area contributed by atoms with Crippen molar-refractivity contribution in [3.8, 4) is 10.8 Å². The first-order valence-electron chi connectivity index (χ1n) is 11.4. The van der Waals surface area contributed by atoms with Gasteiger partial charge >= 0.3 is 6.01 Å². The van der Waals surface area contributed by atoms with Gasteiger partial charge in [0.25, 0.3) is 11.8 Å². The fourth-order valence-corrected chi connectivity index (χ4v) is 5.75. The van der Waals surface area contributed by atoms with Gasteiger partial charge in [-0.15, -0.1) is 16.4 Å². The summed E-state index contributed by atoms with van der Waals surface area (Å²) >= 11 is 5.09. The maximum Gasteiger partial charge on any atom is 0.317 e. The zero-order valence-electron chi connectivity index (χ0n) is 19.0. The summed E-state index contributed by atoms with van der Waals surface area (Å²) in [7, 11) is 0. The number of morpholine rings is 1. The van der Waals surface area contributed by atoms with Gasteiger partial charge < -0.3 is 24.7 Å².